The minimum atomic E-state index is 0.789. The van der Waals surface area contributed by atoms with E-state index in [1.54, 1.807) is 0 Å². The first-order chi connectivity index (χ1) is 9.84. The molecule has 4 aromatic rings. The van der Waals surface area contributed by atoms with E-state index in [2.05, 4.69) is 73.4 Å². The van der Waals surface area contributed by atoms with Crippen LogP contribution < -0.4 is 0 Å². The van der Waals surface area contributed by atoms with Gasteiger partial charge in [0.25, 0.3) is 0 Å². The Kier molecular flexibility index (Phi) is 2.65. The Morgan fingerprint density at radius 1 is 0.700 bits per heavy atom. The number of hydrogen-bond acceptors (Lipinski definition) is 0. The van der Waals surface area contributed by atoms with Gasteiger partial charge in [0, 0.05) is 5.39 Å². The average Bonchev–Trinajstić information content (AvgIpc) is 2.87. The molecule has 1 aromatic heterocycles. The number of benzene rings is 2. The molecule has 4 rings (SSSR count). The molecule has 1 unspecified atom stereocenters. The predicted molar refractivity (Wildman–Crippen MR) is 92.0 cm³/mol. The van der Waals surface area contributed by atoms with Crippen molar-refractivity contribution < 1.29 is 0 Å². The number of fused-ring (bicyclic) bond motifs is 3. The largest absolute Gasteiger partial charge is 0.131 e. The normalized spacial score (nSPS) is 11.7. The summed E-state index contributed by atoms with van der Waals surface area (Å²) in [6.45, 7) is 2.22. The van der Waals surface area contributed by atoms with Crippen LogP contribution in [-0.2, 0) is 0 Å². The lowest BCUT2D eigenvalue weighted by atomic mass is 10.0. The van der Waals surface area contributed by atoms with Gasteiger partial charge in [-0.2, -0.15) is 0 Å². The zero-order valence-electron chi connectivity index (χ0n) is 11.4. The molecule has 0 saturated heterocycles. The first-order valence-electron chi connectivity index (χ1n) is 6.89. The molecule has 1 heterocycles. The fourth-order valence-electron chi connectivity index (χ4n) is 3.01. The Balaban J connectivity index is 2.42. The first-order valence-corrected chi connectivity index (χ1v) is 7.97. The molecule has 0 saturated carbocycles. The van der Waals surface area contributed by atoms with E-state index in [-0.39, 0.29) is 0 Å². The number of rotatable bonds is 0. The maximum absolute atomic E-state index is 2.36. The van der Waals surface area contributed by atoms with E-state index >= 15 is 0 Å². The highest BCUT2D eigenvalue weighted by molar-refractivity contribution is 7.37. The third-order valence-corrected chi connectivity index (χ3v) is 5.25. The summed E-state index contributed by atoms with van der Waals surface area (Å²) in [6.07, 6.45) is 0. The van der Waals surface area contributed by atoms with E-state index < -0.39 is 0 Å². The quantitative estimate of drug-likeness (QED) is 0.366. The van der Waals surface area contributed by atoms with Crippen LogP contribution >= 0.6 is 8.19 Å². The van der Waals surface area contributed by atoms with Crippen LogP contribution in [0.3, 0.4) is 0 Å². The highest BCUT2D eigenvalue weighted by Gasteiger charge is 2.04. The van der Waals surface area contributed by atoms with Crippen LogP contribution in [0.25, 0.3) is 32.0 Å². The van der Waals surface area contributed by atoms with Crippen molar-refractivity contribution in [3.8, 4) is 0 Å². The number of aryl methyl sites for hydroxylation is 1. The van der Waals surface area contributed by atoms with E-state index in [9.17, 15) is 0 Å². The van der Waals surface area contributed by atoms with Crippen molar-refractivity contribution in [1.29, 1.82) is 0 Å². The fraction of sp³-hybridized carbons (Fsp3) is 0.0526. The van der Waals surface area contributed by atoms with Crippen molar-refractivity contribution in [2.24, 2.45) is 0 Å². The molecule has 1 heteroatoms. The molecule has 20 heavy (non-hydrogen) atoms. The lowest BCUT2D eigenvalue weighted by Gasteiger charge is -2.04. The smallest absolute Gasteiger partial charge is 0.000766 e. The summed E-state index contributed by atoms with van der Waals surface area (Å²) in [5.41, 5.74) is 1.36. The molecule has 2 bridgehead atoms. The Bertz CT molecular complexity index is 961. The van der Waals surface area contributed by atoms with Gasteiger partial charge < -0.3 is 0 Å². The summed E-state index contributed by atoms with van der Waals surface area (Å²) in [4.78, 5) is 0. The standard InChI is InChI=1S/C19H15P/c1-13-14-6-2-3-7-15-12-20-18-11-5-10-17(19(15)18)16(13)9-4-8-14/h2-12,20H,1H3. The maximum atomic E-state index is 2.36. The van der Waals surface area contributed by atoms with Gasteiger partial charge in [-0.25, -0.2) is 0 Å². The molecule has 3 aromatic carbocycles. The van der Waals surface area contributed by atoms with Gasteiger partial charge in [-0.15, -0.1) is 8.19 Å². The van der Waals surface area contributed by atoms with Crippen LogP contribution in [0.15, 0.2) is 66.5 Å². The van der Waals surface area contributed by atoms with E-state index in [1.807, 2.05) is 0 Å². The second kappa shape index (κ2) is 4.51. The Morgan fingerprint density at radius 3 is 2.30 bits per heavy atom. The molecule has 0 fully saturated rings. The van der Waals surface area contributed by atoms with E-state index in [4.69, 9.17) is 0 Å². The van der Waals surface area contributed by atoms with Crippen LogP contribution in [0.4, 0.5) is 0 Å². The highest BCUT2D eigenvalue weighted by Crippen LogP contribution is 2.36. The topological polar surface area (TPSA) is 0 Å². The highest BCUT2D eigenvalue weighted by atomic mass is 31.0. The van der Waals surface area contributed by atoms with Gasteiger partial charge in [-0.05, 0) is 44.9 Å². The predicted octanol–water partition coefficient (Wildman–Crippen LogP) is 6.05. The molecule has 0 aliphatic heterocycles. The number of hydrogen-bond donors (Lipinski definition) is 0. The van der Waals surface area contributed by atoms with Gasteiger partial charge in [0.05, 0.1) is 0 Å². The Morgan fingerprint density at radius 2 is 1.40 bits per heavy atom. The zero-order chi connectivity index (χ0) is 13.5. The van der Waals surface area contributed by atoms with Crippen molar-refractivity contribution in [3.63, 3.8) is 0 Å². The van der Waals surface area contributed by atoms with Crippen molar-refractivity contribution >= 4 is 40.2 Å². The minimum Gasteiger partial charge on any atom is -0.131 e. The van der Waals surface area contributed by atoms with Gasteiger partial charge in [0.1, 0.15) is 0 Å². The fourth-order valence-corrected chi connectivity index (χ4v) is 4.18. The van der Waals surface area contributed by atoms with Crippen molar-refractivity contribution in [1.82, 2.24) is 0 Å². The Hall–Kier alpha value is -2.04. The van der Waals surface area contributed by atoms with Crippen LogP contribution in [0.1, 0.15) is 5.56 Å². The second-order valence-corrected chi connectivity index (χ2v) is 6.33. The SMILES string of the molecule is Cc1c2ccccc3c[pH]c4cccc(c1ccc2)c34. The maximum Gasteiger partial charge on any atom is 0.000766 e. The summed E-state index contributed by atoms with van der Waals surface area (Å²) in [6, 6.07) is 22.0. The molecule has 0 radical (unpaired) electrons. The van der Waals surface area contributed by atoms with E-state index in [0.717, 1.165) is 8.19 Å². The van der Waals surface area contributed by atoms with Crippen molar-refractivity contribution in [3.05, 3.63) is 72.0 Å². The van der Waals surface area contributed by atoms with Gasteiger partial charge in [0.15, 0.2) is 0 Å². The van der Waals surface area contributed by atoms with Crippen LogP contribution in [0.2, 0.25) is 0 Å². The third kappa shape index (κ3) is 1.69. The molecule has 96 valence electrons. The molecule has 0 aliphatic carbocycles. The average molecular weight is 274 g/mol. The van der Waals surface area contributed by atoms with Crippen LogP contribution in [-0.4, -0.2) is 0 Å². The van der Waals surface area contributed by atoms with Gasteiger partial charge in [-0.3, -0.25) is 0 Å². The lowest BCUT2D eigenvalue weighted by molar-refractivity contribution is 1.58. The summed E-state index contributed by atoms with van der Waals surface area (Å²) in [7, 11) is 0.789. The van der Waals surface area contributed by atoms with Crippen molar-refractivity contribution in [2.45, 2.75) is 6.92 Å². The molecule has 0 nitrogen and oxygen atoms in total. The summed E-state index contributed by atoms with van der Waals surface area (Å²) < 4.78 is 0. The van der Waals surface area contributed by atoms with Gasteiger partial charge in [-0.1, -0.05) is 60.7 Å². The summed E-state index contributed by atoms with van der Waals surface area (Å²) in [5, 5.41) is 8.30. The summed E-state index contributed by atoms with van der Waals surface area (Å²) >= 11 is 0. The van der Waals surface area contributed by atoms with E-state index in [1.165, 1.54) is 37.6 Å². The molecular weight excluding hydrogens is 259 g/mol. The summed E-state index contributed by atoms with van der Waals surface area (Å²) in [5.74, 6) is 2.36. The molecule has 1 atom stereocenters. The molecule has 0 aliphatic rings. The lowest BCUT2D eigenvalue weighted by Crippen LogP contribution is -1.79. The zero-order valence-corrected chi connectivity index (χ0v) is 12.4. The van der Waals surface area contributed by atoms with E-state index in [0.29, 0.717) is 0 Å². The molecule has 0 spiro atoms. The van der Waals surface area contributed by atoms with Gasteiger partial charge >= 0.3 is 0 Å². The Labute approximate surface area is 119 Å². The minimum absolute atomic E-state index is 0.789. The van der Waals surface area contributed by atoms with Gasteiger partial charge in [0.2, 0.25) is 0 Å². The van der Waals surface area contributed by atoms with Crippen LogP contribution in [0, 0.1) is 6.92 Å². The second-order valence-electron chi connectivity index (χ2n) is 5.21. The van der Waals surface area contributed by atoms with Crippen LogP contribution in [0.5, 0.6) is 0 Å². The first kappa shape index (κ1) is 11.8. The molecular formula is C19H15P. The monoisotopic (exact) mass is 274 g/mol. The third-order valence-electron chi connectivity index (χ3n) is 4.06. The van der Waals surface area contributed by atoms with Crippen molar-refractivity contribution in [2.75, 3.05) is 0 Å². The molecule has 0 amide bonds. The molecule has 0 N–H and O–H groups in total.